The summed E-state index contributed by atoms with van der Waals surface area (Å²) in [5.74, 6) is 0. The molecule has 0 spiro atoms. The number of rotatable bonds is 2. The monoisotopic (exact) mass is 298 g/mol. The van der Waals surface area contributed by atoms with Crippen molar-refractivity contribution in [3.63, 3.8) is 0 Å². The average molecular weight is 298 g/mol. The zero-order valence-electron chi connectivity index (χ0n) is 14.1. The summed E-state index contributed by atoms with van der Waals surface area (Å²) in [7, 11) is 0. The molecule has 2 saturated heterocycles. The van der Waals surface area contributed by atoms with Crippen LogP contribution in [0.2, 0.25) is 0 Å². The minimum absolute atomic E-state index is 0.0580. The van der Waals surface area contributed by atoms with E-state index in [1.807, 2.05) is 20.8 Å². The molecule has 0 aromatic carbocycles. The van der Waals surface area contributed by atoms with Crippen LogP contribution in [0.15, 0.2) is 0 Å². The summed E-state index contributed by atoms with van der Waals surface area (Å²) in [4.78, 5) is 15.7. The van der Waals surface area contributed by atoms with Crippen LogP contribution in [0.5, 0.6) is 0 Å². The second kappa shape index (κ2) is 5.76. The number of hydrogen-bond acceptors (Lipinski definition) is 3. The van der Waals surface area contributed by atoms with Gasteiger partial charge in [-0.25, -0.2) is 4.79 Å². The maximum atomic E-state index is 11.6. The average Bonchev–Trinajstić information content (AvgIpc) is 2.74. The Kier molecular flexibility index (Phi) is 4.54. The van der Waals surface area contributed by atoms with Crippen LogP contribution in [0.4, 0.5) is 4.79 Å². The maximum absolute atomic E-state index is 11.6. The quantitative estimate of drug-likeness (QED) is 0.851. The summed E-state index contributed by atoms with van der Waals surface area (Å²) in [6.07, 6.45) is 2.21. The predicted octanol–water partition coefficient (Wildman–Crippen LogP) is 2.80. The highest BCUT2D eigenvalue weighted by molar-refractivity contribution is 5.66. The van der Waals surface area contributed by atoms with Crippen LogP contribution in [0.1, 0.15) is 53.9 Å². The summed E-state index contributed by atoms with van der Waals surface area (Å²) in [6.45, 7) is 12.9. The highest BCUT2D eigenvalue weighted by atomic mass is 16.5. The lowest BCUT2D eigenvalue weighted by Crippen LogP contribution is -2.53. The molecule has 21 heavy (non-hydrogen) atoms. The molecule has 2 fully saturated rings. The van der Waals surface area contributed by atoms with Crippen LogP contribution in [0, 0.1) is 0 Å². The molecule has 2 heterocycles. The van der Waals surface area contributed by atoms with Crippen LogP contribution in [0.3, 0.4) is 0 Å². The van der Waals surface area contributed by atoms with Gasteiger partial charge in [0, 0.05) is 37.3 Å². The SMILES string of the molecule is CC1(C)CC(N2CC[C@H](N(C(=O)O)C(C)(C)C)C2)CCO1. The normalized spacial score (nSPS) is 30.3. The molecule has 5 heteroatoms. The van der Waals surface area contributed by atoms with Crippen LogP contribution in [-0.4, -0.2) is 63.9 Å². The molecule has 1 N–H and O–H groups in total. The van der Waals surface area contributed by atoms with Gasteiger partial charge in [-0.1, -0.05) is 0 Å². The molecule has 2 atom stereocenters. The van der Waals surface area contributed by atoms with E-state index in [4.69, 9.17) is 4.74 Å². The van der Waals surface area contributed by atoms with Gasteiger partial charge >= 0.3 is 6.09 Å². The lowest BCUT2D eigenvalue weighted by molar-refractivity contribution is -0.0811. The van der Waals surface area contributed by atoms with Crippen molar-refractivity contribution in [2.75, 3.05) is 19.7 Å². The summed E-state index contributed by atoms with van der Waals surface area (Å²) < 4.78 is 5.79. The van der Waals surface area contributed by atoms with E-state index in [1.165, 1.54) is 0 Å². The fourth-order valence-electron chi connectivity index (χ4n) is 3.81. The fraction of sp³-hybridized carbons (Fsp3) is 0.938. The Hall–Kier alpha value is -0.810. The van der Waals surface area contributed by atoms with Crippen molar-refractivity contribution >= 4 is 6.09 Å². The minimum atomic E-state index is -0.804. The van der Waals surface area contributed by atoms with Gasteiger partial charge in [0.2, 0.25) is 0 Å². The van der Waals surface area contributed by atoms with E-state index in [2.05, 4.69) is 18.7 Å². The number of likely N-dealkylation sites (tertiary alicyclic amines) is 1. The van der Waals surface area contributed by atoms with Gasteiger partial charge in [-0.3, -0.25) is 9.80 Å². The molecule has 122 valence electrons. The third-order valence-corrected chi connectivity index (χ3v) is 4.68. The van der Waals surface area contributed by atoms with Crippen molar-refractivity contribution in [3.8, 4) is 0 Å². The zero-order valence-corrected chi connectivity index (χ0v) is 14.1. The Morgan fingerprint density at radius 3 is 2.52 bits per heavy atom. The summed E-state index contributed by atoms with van der Waals surface area (Å²) in [5.41, 5.74) is -0.404. The molecular formula is C16H30N2O3. The molecule has 1 unspecified atom stereocenters. The molecule has 1 amide bonds. The first-order valence-electron chi connectivity index (χ1n) is 8.00. The highest BCUT2D eigenvalue weighted by Gasteiger charge is 2.40. The lowest BCUT2D eigenvalue weighted by Gasteiger charge is -2.41. The lowest BCUT2D eigenvalue weighted by atomic mass is 9.93. The Balaban J connectivity index is 2.01. The number of amides is 1. The van der Waals surface area contributed by atoms with Crippen molar-refractivity contribution in [1.29, 1.82) is 0 Å². The molecule has 2 aliphatic heterocycles. The van der Waals surface area contributed by atoms with Gasteiger partial charge < -0.3 is 9.84 Å². The molecule has 0 bridgehead atoms. The molecule has 0 saturated carbocycles. The van der Waals surface area contributed by atoms with E-state index in [1.54, 1.807) is 4.90 Å². The van der Waals surface area contributed by atoms with Crippen molar-refractivity contribution in [2.24, 2.45) is 0 Å². The zero-order chi connectivity index (χ0) is 15.8. The topological polar surface area (TPSA) is 53.0 Å². The van der Waals surface area contributed by atoms with Crippen molar-refractivity contribution in [1.82, 2.24) is 9.80 Å². The Bertz CT molecular complexity index is 389. The third-order valence-electron chi connectivity index (χ3n) is 4.68. The Morgan fingerprint density at radius 2 is 2.00 bits per heavy atom. The molecular weight excluding hydrogens is 268 g/mol. The second-order valence-corrected chi connectivity index (χ2v) is 8.02. The van der Waals surface area contributed by atoms with E-state index in [0.29, 0.717) is 6.04 Å². The summed E-state index contributed by atoms with van der Waals surface area (Å²) in [6, 6.07) is 0.628. The van der Waals surface area contributed by atoms with Gasteiger partial charge in [0.15, 0.2) is 0 Å². The molecule has 5 nitrogen and oxygen atoms in total. The number of hydrogen-bond donors (Lipinski definition) is 1. The highest BCUT2D eigenvalue weighted by Crippen LogP contribution is 2.31. The third kappa shape index (κ3) is 3.89. The van der Waals surface area contributed by atoms with Crippen LogP contribution < -0.4 is 0 Å². The molecule has 0 aliphatic carbocycles. The van der Waals surface area contributed by atoms with Gasteiger partial charge in [-0.05, 0) is 53.9 Å². The van der Waals surface area contributed by atoms with Gasteiger partial charge in [0.25, 0.3) is 0 Å². The van der Waals surface area contributed by atoms with Crippen molar-refractivity contribution < 1.29 is 14.6 Å². The first-order chi connectivity index (χ1) is 9.60. The first kappa shape index (κ1) is 16.6. The summed E-state index contributed by atoms with van der Waals surface area (Å²) >= 11 is 0. The number of carbonyl (C=O) groups is 1. The second-order valence-electron chi connectivity index (χ2n) is 8.02. The first-order valence-corrected chi connectivity index (χ1v) is 8.00. The van der Waals surface area contributed by atoms with E-state index in [0.717, 1.165) is 39.0 Å². The maximum Gasteiger partial charge on any atom is 0.408 e. The smallest absolute Gasteiger partial charge is 0.408 e. The standard InChI is InChI=1S/C16H30N2O3/c1-15(2,3)18(14(19)20)13-6-8-17(11-13)12-7-9-21-16(4,5)10-12/h12-13H,6-11H2,1-5H3,(H,19,20)/t12?,13-/m0/s1. The molecule has 0 radical (unpaired) electrons. The Labute approximate surface area is 128 Å². The van der Waals surface area contributed by atoms with Crippen LogP contribution in [0.25, 0.3) is 0 Å². The van der Waals surface area contributed by atoms with Crippen molar-refractivity contribution in [3.05, 3.63) is 0 Å². The number of nitrogens with zero attached hydrogens (tertiary/aromatic N) is 2. The summed E-state index contributed by atoms with van der Waals surface area (Å²) in [5, 5.41) is 9.54. The minimum Gasteiger partial charge on any atom is -0.465 e. The number of carboxylic acid groups (broad SMARTS) is 1. The molecule has 0 aromatic rings. The van der Waals surface area contributed by atoms with Gasteiger partial charge in [-0.2, -0.15) is 0 Å². The van der Waals surface area contributed by atoms with Gasteiger partial charge in [0.05, 0.1) is 5.60 Å². The van der Waals surface area contributed by atoms with Gasteiger partial charge in [-0.15, -0.1) is 0 Å². The molecule has 0 aromatic heterocycles. The van der Waals surface area contributed by atoms with Gasteiger partial charge in [0.1, 0.15) is 0 Å². The van der Waals surface area contributed by atoms with E-state index in [-0.39, 0.29) is 17.2 Å². The van der Waals surface area contributed by atoms with Crippen LogP contribution in [-0.2, 0) is 4.74 Å². The van der Waals surface area contributed by atoms with E-state index < -0.39 is 6.09 Å². The van der Waals surface area contributed by atoms with Crippen LogP contribution >= 0.6 is 0 Å². The Morgan fingerprint density at radius 1 is 1.33 bits per heavy atom. The largest absolute Gasteiger partial charge is 0.465 e. The molecule has 2 rings (SSSR count). The van der Waals surface area contributed by atoms with Crippen molar-refractivity contribution in [2.45, 2.75) is 77.1 Å². The number of ether oxygens (including phenoxy) is 1. The fourth-order valence-corrected chi connectivity index (χ4v) is 3.81. The predicted molar refractivity (Wildman–Crippen MR) is 82.6 cm³/mol. The molecule has 2 aliphatic rings. The van der Waals surface area contributed by atoms with E-state index in [9.17, 15) is 9.90 Å². The van der Waals surface area contributed by atoms with E-state index >= 15 is 0 Å².